The summed E-state index contributed by atoms with van der Waals surface area (Å²) in [6.45, 7) is 6.06. The maximum Gasteiger partial charge on any atom is 0.328 e. The predicted octanol–water partition coefficient (Wildman–Crippen LogP) is 3.22. The van der Waals surface area contributed by atoms with Crippen LogP contribution in [0.4, 0.5) is 10.1 Å². The number of carbonyl (C=O) groups is 1. The second-order valence-corrected chi connectivity index (χ2v) is 5.46. The first-order valence-corrected chi connectivity index (χ1v) is 5.92. The first-order chi connectivity index (χ1) is 8.33. The SMILES string of the molecule is COC(=O)C(CC(C)(C)C)Nc1ccccc1F. The Hall–Kier alpha value is -1.58. The fraction of sp³-hybridized carbons (Fsp3) is 0.500. The molecule has 100 valence electrons. The van der Waals surface area contributed by atoms with Crippen LogP contribution >= 0.6 is 0 Å². The topological polar surface area (TPSA) is 38.3 Å². The van der Waals surface area contributed by atoms with E-state index in [2.05, 4.69) is 5.32 Å². The molecule has 0 aromatic heterocycles. The molecule has 0 spiro atoms. The van der Waals surface area contributed by atoms with Crippen LogP contribution in [0.1, 0.15) is 27.2 Å². The molecule has 0 bridgehead atoms. The molecular weight excluding hydrogens is 233 g/mol. The van der Waals surface area contributed by atoms with Gasteiger partial charge in [-0.3, -0.25) is 0 Å². The number of ether oxygens (including phenoxy) is 1. The molecule has 0 aliphatic heterocycles. The van der Waals surface area contributed by atoms with Crippen LogP contribution in [0.15, 0.2) is 24.3 Å². The van der Waals surface area contributed by atoms with Gasteiger partial charge in [-0.1, -0.05) is 32.9 Å². The summed E-state index contributed by atoms with van der Waals surface area (Å²) in [6.07, 6.45) is 0.563. The molecule has 0 saturated carbocycles. The second-order valence-electron chi connectivity index (χ2n) is 5.46. The number of halogens is 1. The summed E-state index contributed by atoms with van der Waals surface area (Å²) in [5, 5.41) is 2.90. The van der Waals surface area contributed by atoms with Crippen molar-refractivity contribution in [2.75, 3.05) is 12.4 Å². The summed E-state index contributed by atoms with van der Waals surface area (Å²) < 4.78 is 18.3. The highest BCUT2D eigenvalue weighted by Crippen LogP contribution is 2.24. The van der Waals surface area contributed by atoms with Gasteiger partial charge in [-0.05, 0) is 24.0 Å². The lowest BCUT2D eigenvalue weighted by Crippen LogP contribution is -2.34. The molecule has 1 aromatic carbocycles. The summed E-state index contributed by atoms with van der Waals surface area (Å²) >= 11 is 0. The molecule has 0 amide bonds. The van der Waals surface area contributed by atoms with Crippen LogP contribution in [0.2, 0.25) is 0 Å². The maximum atomic E-state index is 13.5. The summed E-state index contributed by atoms with van der Waals surface area (Å²) in [4.78, 5) is 11.7. The van der Waals surface area contributed by atoms with Crippen LogP contribution in [0, 0.1) is 11.2 Å². The monoisotopic (exact) mass is 253 g/mol. The number of esters is 1. The molecule has 18 heavy (non-hydrogen) atoms. The first-order valence-electron chi connectivity index (χ1n) is 5.92. The van der Waals surface area contributed by atoms with Gasteiger partial charge in [0, 0.05) is 0 Å². The molecule has 1 N–H and O–H groups in total. The van der Waals surface area contributed by atoms with Gasteiger partial charge < -0.3 is 10.1 Å². The summed E-state index contributed by atoms with van der Waals surface area (Å²) in [5.41, 5.74) is 0.258. The Morgan fingerprint density at radius 3 is 2.50 bits per heavy atom. The van der Waals surface area contributed by atoms with Crippen molar-refractivity contribution in [3.8, 4) is 0 Å². The minimum absolute atomic E-state index is 0.0584. The number of hydrogen-bond donors (Lipinski definition) is 1. The summed E-state index contributed by atoms with van der Waals surface area (Å²) in [6, 6.07) is 5.74. The fourth-order valence-corrected chi connectivity index (χ4v) is 1.71. The van der Waals surface area contributed by atoms with E-state index < -0.39 is 6.04 Å². The second kappa shape index (κ2) is 5.85. The minimum atomic E-state index is -0.549. The van der Waals surface area contributed by atoms with Crippen molar-refractivity contribution in [1.82, 2.24) is 0 Å². The Labute approximate surface area is 107 Å². The van der Waals surface area contributed by atoms with Gasteiger partial charge in [-0.25, -0.2) is 9.18 Å². The number of para-hydroxylation sites is 1. The molecule has 1 unspecified atom stereocenters. The van der Waals surface area contributed by atoms with Crippen molar-refractivity contribution in [3.63, 3.8) is 0 Å². The van der Waals surface area contributed by atoms with Crippen molar-refractivity contribution < 1.29 is 13.9 Å². The van der Waals surface area contributed by atoms with E-state index in [1.54, 1.807) is 18.2 Å². The van der Waals surface area contributed by atoms with Crippen molar-refractivity contribution in [2.45, 2.75) is 33.2 Å². The molecule has 1 aromatic rings. The summed E-state index contributed by atoms with van der Waals surface area (Å²) in [5.74, 6) is -0.756. The molecule has 4 heteroatoms. The number of carbonyl (C=O) groups excluding carboxylic acids is 1. The highest BCUT2D eigenvalue weighted by atomic mass is 19.1. The van der Waals surface area contributed by atoms with Crippen LogP contribution in [-0.4, -0.2) is 19.1 Å². The average molecular weight is 253 g/mol. The van der Waals surface area contributed by atoms with Crippen LogP contribution in [0.5, 0.6) is 0 Å². The average Bonchev–Trinajstić information content (AvgIpc) is 2.28. The predicted molar refractivity (Wildman–Crippen MR) is 69.9 cm³/mol. The van der Waals surface area contributed by atoms with Gasteiger partial charge in [0.15, 0.2) is 0 Å². The molecule has 0 heterocycles. The zero-order valence-electron chi connectivity index (χ0n) is 11.3. The van der Waals surface area contributed by atoms with Crippen molar-refractivity contribution in [3.05, 3.63) is 30.1 Å². The van der Waals surface area contributed by atoms with Crippen LogP contribution in [0.3, 0.4) is 0 Å². The van der Waals surface area contributed by atoms with E-state index in [0.29, 0.717) is 12.1 Å². The van der Waals surface area contributed by atoms with Gasteiger partial charge in [-0.2, -0.15) is 0 Å². The highest BCUT2D eigenvalue weighted by Gasteiger charge is 2.26. The van der Waals surface area contributed by atoms with Crippen molar-refractivity contribution in [2.24, 2.45) is 5.41 Å². The standard InChI is InChI=1S/C14H20FNO2/c1-14(2,3)9-12(13(17)18-4)16-11-8-6-5-7-10(11)15/h5-8,12,16H,9H2,1-4H3. The Kier molecular flexibility index (Phi) is 4.70. The minimum Gasteiger partial charge on any atom is -0.467 e. The number of methoxy groups -OCH3 is 1. The molecule has 3 nitrogen and oxygen atoms in total. The van der Waals surface area contributed by atoms with Gasteiger partial charge in [-0.15, -0.1) is 0 Å². The maximum absolute atomic E-state index is 13.5. The molecule has 0 aliphatic rings. The van der Waals surface area contributed by atoms with Crippen molar-refractivity contribution in [1.29, 1.82) is 0 Å². The van der Waals surface area contributed by atoms with E-state index in [0.717, 1.165) is 0 Å². The number of benzene rings is 1. The molecule has 0 radical (unpaired) electrons. The summed E-state index contributed by atoms with van der Waals surface area (Å²) in [7, 11) is 1.33. The lowest BCUT2D eigenvalue weighted by molar-refractivity contribution is -0.142. The zero-order valence-corrected chi connectivity index (χ0v) is 11.3. The van der Waals surface area contributed by atoms with E-state index in [-0.39, 0.29) is 17.2 Å². The van der Waals surface area contributed by atoms with Gasteiger partial charge in [0.25, 0.3) is 0 Å². The normalized spacial score (nSPS) is 12.9. The third kappa shape index (κ3) is 4.35. The highest BCUT2D eigenvalue weighted by molar-refractivity contribution is 5.79. The van der Waals surface area contributed by atoms with Gasteiger partial charge in [0.2, 0.25) is 0 Å². The smallest absolute Gasteiger partial charge is 0.328 e. The quantitative estimate of drug-likeness (QED) is 0.837. The van der Waals surface area contributed by atoms with E-state index in [9.17, 15) is 9.18 Å². The lowest BCUT2D eigenvalue weighted by Gasteiger charge is -2.25. The third-order valence-corrected chi connectivity index (χ3v) is 2.51. The van der Waals surface area contributed by atoms with Crippen LogP contribution < -0.4 is 5.32 Å². The van der Waals surface area contributed by atoms with E-state index in [1.807, 2.05) is 20.8 Å². The number of anilines is 1. The van der Waals surface area contributed by atoms with Crippen LogP contribution in [0.25, 0.3) is 0 Å². The van der Waals surface area contributed by atoms with Gasteiger partial charge in [0.1, 0.15) is 11.9 Å². The number of rotatable bonds is 4. The molecule has 1 rings (SSSR count). The largest absolute Gasteiger partial charge is 0.467 e. The fourth-order valence-electron chi connectivity index (χ4n) is 1.71. The Bertz CT molecular complexity index is 413. The Balaban J connectivity index is 2.85. The third-order valence-electron chi connectivity index (χ3n) is 2.51. The Morgan fingerprint density at radius 2 is 2.00 bits per heavy atom. The van der Waals surface area contributed by atoms with Crippen molar-refractivity contribution >= 4 is 11.7 Å². The van der Waals surface area contributed by atoms with E-state index >= 15 is 0 Å². The number of hydrogen-bond acceptors (Lipinski definition) is 3. The zero-order chi connectivity index (χ0) is 13.8. The molecule has 0 saturated heterocycles. The molecule has 0 aliphatic carbocycles. The Morgan fingerprint density at radius 1 is 1.39 bits per heavy atom. The lowest BCUT2D eigenvalue weighted by atomic mass is 9.88. The van der Waals surface area contributed by atoms with Gasteiger partial charge in [0.05, 0.1) is 12.8 Å². The molecule has 1 atom stereocenters. The van der Waals surface area contributed by atoms with Crippen LogP contribution in [-0.2, 0) is 9.53 Å². The van der Waals surface area contributed by atoms with Gasteiger partial charge >= 0.3 is 5.97 Å². The molecule has 0 fully saturated rings. The van der Waals surface area contributed by atoms with E-state index in [4.69, 9.17) is 4.74 Å². The molecular formula is C14H20FNO2. The first kappa shape index (κ1) is 14.5. The number of nitrogens with one attached hydrogen (secondary N) is 1. The van der Waals surface area contributed by atoms with E-state index in [1.165, 1.54) is 13.2 Å².